The van der Waals surface area contributed by atoms with Crippen molar-refractivity contribution in [1.82, 2.24) is 4.98 Å². The predicted molar refractivity (Wildman–Crippen MR) is 125 cm³/mol. The second-order valence-corrected chi connectivity index (χ2v) is 7.10. The van der Waals surface area contributed by atoms with E-state index in [1.165, 1.54) is 12.0 Å². The van der Waals surface area contributed by atoms with Gasteiger partial charge in [-0.3, -0.25) is 4.90 Å². The quantitative estimate of drug-likeness (QED) is 0.528. The molecule has 0 bridgehead atoms. The van der Waals surface area contributed by atoms with Crippen LogP contribution < -0.4 is 10.2 Å². The van der Waals surface area contributed by atoms with Crippen LogP contribution in [0.2, 0.25) is 0 Å². The van der Waals surface area contributed by atoms with E-state index in [2.05, 4.69) is 10.3 Å². The third-order valence-corrected chi connectivity index (χ3v) is 4.91. The van der Waals surface area contributed by atoms with Crippen molar-refractivity contribution in [2.24, 2.45) is 0 Å². The predicted octanol–water partition coefficient (Wildman–Crippen LogP) is 4.54. The highest BCUT2D eigenvalue weighted by molar-refractivity contribution is 6.00. The van der Waals surface area contributed by atoms with E-state index in [0.717, 1.165) is 16.8 Å². The maximum absolute atomic E-state index is 12.6. The molecule has 0 radical (unpaired) electrons. The van der Waals surface area contributed by atoms with Crippen molar-refractivity contribution in [3.05, 3.63) is 78.4 Å². The molecule has 1 N–H and O–H groups in total. The number of benzene rings is 2. The molecule has 3 aromatic rings. The topological polar surface area (TPSA) is 80.8 Å². The van der Waals surface area contributed by atoms with Crippen LogP contribution in [0.4, 0.5) is 16.3 Å². The number of nitrogens with zero attached hydrogens (tertiary/aromatic N) is 2. The van der Waals surface area contributed by atoms with Crippen LogP contribution in [0.5, 0.6) is 0 Å². The number of carbonyl (C=O) groups excluding carboxylic acids is 2. The SMILES string of the molecule is CCO[C@@H](Cc1ccc(-c2cccc(N(C)C(=O)Nc3ccccc3)n2)cc1)C(=O)OC. The van der Waals surface area contributed by atoms with Crippen LogP contribution >= 0.6 is 0 Å². The Morgan fingerprint density at radius 1 is 1.00 bits per heavy atom. The molecule has 0 spiro atoms. The fourth-order valence-corrected chi connectivity index (χ4v) is 3.17. The first-order chi connectivity index (χ1) is 15.5. The molecule has 2 amide bonds. The minimum atomic E-state index is -0.630. The van der Waals surface area contributed by atoms with E-state index >= 15 is 0 Å². The molecular weight excluding hydrogens is 406 g/mol. The highest BCUT2D eigenvalue weighted by Gasteiger charge is 2.20. The standard InChI is InChI=1S/C25H27N3O4/c1-4-32-22(24(29)31-3)17-18-13-15-19(16-14-18)21-11-8-12-23(27-21)28(2)25(30)26-20-9-6-5-7-10-20/h5-16,22H,4,17H2,1-3H3,(H,26,30)/t22-/m0/s1. The number of pyridine rings is 1. The third-order valence-electron chi connectivity index (χ3n) is 4.91. The molecule has 32 heavy (non-hydrogen) atoms. The molecule has 3 rings (SSSR count). The van der Waals surface area contributed by atoms with Crippen molar-refractivity contribution in [3.8, 4) is 11.3 Å². The van der Waals surface area contributed by atoms with Gasteiger partial charge in [0.15, 0.2) is 6.10 Å². The summed E-state index contributed by atoms with van der Waals surface area (Å²) in [5.41, 5.74) is 3.31. The molecule has 1 heterocycles. The zero-order valence-electron chi connectivity index (χ0n) is 18.4. The van der Waals surface area contributed by atoms with Crippen molar-refractivity contribution in [3.63, 3.8) is 0 Å². The van der Waals surface area contributed by atoms with Gasteiger partial charge in [-0.15, -0.1) is 0 Å². The van der Waals surface area contributed by atoms with Gasteiger partial charge < -0.3 is 14.8 Å². The number of hydrogen-bond donors (Lipinski definition) is 1. The van der Waals surface area contributed by atoms with Gasteiger partial charge in [0.1, 0.15) is 5.82 Å². The minimum absolute atomic E-state index is 0.277. The van der Waals surface area contributed by atoms with Crippen molar-refractivity contribution >= 4 is 23.5 Å². The highest BCUT2D eigenvalue weighted by atomic mass is 16.6. The van der Waals surface area contributed by atoms with Gasteiger partial charge in [0.25, 0.3) is 0 Å². The Labute approximate surface area is 188 Å². The third kappa shape index (κ3) is 5.92. The van der Waals surface area contributed by atoms with E-state index in [1.54, 1.807) is 13.1 Å². The lowest BCUT2D eigenvalue weighted by Gasteiger charge is -2.18. The number of para-hydroxylation sites is 1. The van der Waals surface area contributed by atoms with Gasteiger partial charge in [0.2, 0.25) is 0 Å². The molecule has 0 aliphatic carbocycles. The van der Waals surface area contributed by atoms with Crippen LogP contribution in [0.25, 0.3) is 11.3 Å². The maximum atomic E-state index is 12.6. The Hall–Kier alpha value is -3.71. The van der Waals surface area contributed by atoms with Gasteiger partial charge >= 0.3 is 12.0 Å². The zero-order chi connectivity index (χ0) is 22.9. The Morgan fingerprint density at radius 3 is 2.38 bits per heavy atom. The summed E-state index contributed by atoms with van der Waals surface area (Å²) in [5.74, 6) is 0.143. The summed E-state index contributed by atoms with van der Waals surface area (Å²) in [5, 5.41) is 2.85. The summed E-state index contributed by atoms with van der Waals surface area (Å²) >= 11 is 0. The average molecular weight is 434 g/mol. The lowest BCUT2D eigenvalue weighted by atomic mass is 10.0. The zero-order valence-corrected chi connectivity index (χ0v) is 18.4. The number of rotatable bonds is 8. The molecule has 0 unspecified atom stereocenters. The summed E-state index contributed by atoms with van der Waals surface area (Å²) in [6.07, 6.45) is -0.203. The number of methoxy groups -OCH3 is 1. The first-order valence-corrected chi connectivity index (χ1v) is 10.4. The van der Waals surface area contributed by atoms with Crippen molar-refractivity contribution in [2.45, 2.75) is 19.4 Å². The van der Waals surface area contributed by atoms with Gasteiger partial charge in [0, 0.05) is 31.3 Å². The van der Waals surface area contributed by atoms with Crippen LogP contribution in [0.3, 0.4) is 0 Å². The second kappa shape index (κ2) is 11.1. The molecule has 0 saturated carbocycles. The molecule has 7 heteroatoms. The number of urea groups is 1. The van der Waals surface area contributed by atoms with Gasteiger partial charge in [-0.25, -0.2) is 14.6 Å². The van der Waals surface area contributed by atoms with Crippen LogP contribution in [-0.2, 0) is 20.7 Å². The van der Waals surface area contributed by atoms with Crippen LogP contribution in [0.15, 0.2) is 72.8 Å². The molecule has 0 saturated heterocycles. The van der Waals surface area contributed by atoms with Crippen molar-refractivity contribution in [2.75, 3.05) is 31.0 Å². The Bertz CT molecular complexity index is 1040. The summed E-state index contributed by atoms with van der Waals surface area (Å²) < 4.78 is 10.3. The first kappa shape index (κ1) is 23.0. The Morgan fingerprint density at radius 2 is 1.72 bits per heavy atom. The van der Waals surface area contributed by atoms with Crippen molar-refractivity contribution < 1.29 is 19.1 Å². The van der Waals surface area contributed by atoms with Gasteiger partial charge in [-0.2, -0.15) is 0 Å². The van der Waals surface area contributed by atoms with Gasteiger partial charge in [-0.1, -0.05) is 48.5 Å². The summed E-state index contributed by atoms with van der Waals surface area (Å²) in [4.78, 5) is 30.5. The largest absolute Gasteiger partial charge is 0.467 e. The van der Waals surface area contributed by atoms with E-state index in [9.17, 15) is 9.59 Å². The number of esters is 1. The van der Waals surface area contributed by atoms with Crippen LogP contribution in [-0.4, -0.2) is 43.9 Å². The smallest absolute Gasteiger partial charge is 0.335 e. The normalized spacial score (nSPS) is 11.5. The number of amides is 2. The number of anilines is 2. The summed E-state index contributed by atoms with van der Waals surface area (Å²) in [6.45, 7) is 2.27. The molecule has 0 fully saturated rings. The second-order valence-electron chi connectivity index (χ2n) is 7.10. The molecule has 7 nitrogen and oxygen atoms in total. The number of nitrogens with one attached hydrogen (secondary N) is 1. The highest BCUT2D eigenvalue weighted by Crippen LogP contribution is 2.22. The molecule has 2 aromatic carbocycles. The van der Waals surface area contributed by atoms with E-state index in [1.807, 2.05) is 73.7 Å². The summed E-state index contributed by atoms with van der Waals surface area (Å²) in [6, 6.07) is 22.3. The number of aromatic nitrogens is 1. The molecule has 166 valence electrons. The fraction of sp³-hybridized carbons (Fsp3) is 0.240. The number of hydrogen-bond acceptors (Lipinski definition) is 5. The van der Waals surface area contributed by atoms with E-state index in [4.69, 9.17) is 9.47 Å². The monoisotopic (exact) mass is 433 g/mol. The summed E-state index contributed by atoms with van der Waals surface area (Å²) in [7, 11) is 3.03. The van der Waals surface area contributed by atoms with E-state index < -0.39 is 6.10 Å². The van der Waals surface area contributed by atoms with Crippen LogP contribution in [0, 0.1) is 0 Å². The van der Waals surface area contributed by atoms with Crippen molar-refractivity contribution in [1.29, 1.82) is 0 Å². The molecular formula is C25H27N3O4. The van der Waals surface area contributed by atoms with Crippen LogP contribution in [0.1, 0.15) is 12.5 Å². The Kier molecular flexibility index (Phi) is 7.94. The first-order valence-electron chi connectivity index (χ1n) is 10.4. The average Bonchev–Trinajstić information content (AvgIpc) is 2.84. The lowest BCUT2D eigenvalue weighted by Crippen LogP contribution is -2.31. The Balaban J connectivity index is 1.71. The van der Waals surface area contributed by atoms with Gasteiger partial charge in [-0.05, 0) is 36.8 Å². The fourth-order valence-electron chi connectivity index (χ4n) is 3.17. The van der Waals surface area contributed by atoms with E-state index in [0.29, 0.717) is 24.5 Å². The maximum Gasteiger partial charge on any atom is 0.335 e. The van der Waals surface area contributed by atoms with Gasteiger partial charge in [0.05, 0.1) is 12.8 Å². The molecule has 0 aliphatic heterocycles. The number of ether oxygens (including phenoxy) is 2. The van der Waals surface area contributed by atoms with E-state index in [-0.39, 0.29) is 12.0 Å². The molecule has 1 atom stereocenters. The number of carbonyl (C=O) groups is 2. The molecule has 0 aliphatic rings. The molecule has 1 aromatic heterocycles. The minimum Gasteiger partial charge on any atom is -0.467 e. The lowest BCUT2D eigenvalue weighted by molar-refractivity contribution is -0.153.